The summed E-state index contributed by atoms with van der Waals surface area (Å²) >= 11 is 5.89. The first-order valence-electron chi connectivity index (χ1n) is 4.66. The molecule has 0 aliphatic carbocycles. The molecular formula is C11H15ClO. The van der Waals surface area contributed by atoms with Gasteiger partial charge in [-0.3, -0.25) is 0 Å². The molecule has 0 saturated carbocycles. The smallest absolute Gasteiger partial charge is 0.0471 e. The highest BCUT2D eigenvalue weighted by molar-refractivity contribution is 6.30. The summed E-state index contributed by atoms with van der Waals surface area (Å²) in [6.45, 7) is 2.35. The van der Waals surface area contributed by atoms with E-state index in [-0.39, 0.29) is 6.61 Å². The average molecular weight is 199 g/mol. The fourth-order valence-corrected chi connectivity index (χ4v) is 1.66. The first kappa shape index (κ1) is 10.6. The van der Waals surface area contributed by atoms with Gasteiger partial charge in [-0.05, 0) is 36.1 Å². The Labute approximate surface area is 84.4 Å². The van der Waals surface area contributed by atoms with E-state index in [0.717, 1.165) is 24.3 Å². The van der Waals surface area contributed by atoms with Crippen molar-refractivity contribution in [3.63, 3.8) is 0 Å². The second kappa shape index (κ2) is 5.25. The van der Waals surface area contributed by atoms with Gasteiger partial charge in [0, 0.05) is 11.6 Å². The van der Waals surface area contributed by atoms with E-state index in [2.05, 4.69) is 6.92 Å². The molecule has 0 aromatic heterocycles. The Morgan fingerprint density at radius 2 is 2.00 bits per heavy atom. The zero-order valence-electron chi connectivity index (χ0n) is 7.89. The monoisotopic (exact) mass is 198 g/mol. The van der Waals surface area contributed by atoms with Gasteiger partial charge >= 0.3 is 0 Å². The first-order valence-corrected chi connectivity index (χ1v) is 5.04. The molecule has 0 saturated heterocycles. The molecule has 0 aliphatic rings. The molecule has 0 unspecified atom stereocenters. The summed E-state index contributed by atoms with van der Waals surface area (Å²) in [6, 6.07) is 5.88. The summed E-state index contributed by atoms with van der Waals surface area (Å²) in [5.74, 6) is 0. The van der Waals surface area contributed by atoms with Gasteiger partial charge in [-0.15, -0.1) is 0 Å². The van der Waals surface area contributed by atoms with Crippen LogP contribution >= 0.6 is 11.6 Å². The van der Waals surface area contributed by atoms with Crippen LogP contribution < -0.4 is 0 Å². The normalized spacial score (nSPS) is 10.4. The largest absolute Gasteiger partial charge is 0.396 e. The maximum atomic E-state index is 8.85. The molecular weight excluding hydrogens is 184 g/mol. The predicted octanol–water partition coefficient (Wildman–Crippen LogP) is 2.83. The molecule has 1 aromatic rings. The van der Waals surface area contributed by atoms with Crippen LogP contribution in [0.1, 0.15) is 24.5 Å². The van der Waals surface area contributed by atoms with E-state index in [1.165, 1.54) is 11.1 Å². The van der Waals surface area contributed by atoms with Crippen LogP contribution in [0.2, 0.25) is 5.02 Å². The van der Waals surface area contributed by atoms with E-state index in [1.54, 1.807) is 0 Å². The maximum Gasteiger partial charge on any atom is 0.0471 e. The molecule has 0 bridgehead atoms. The van der Waals surface area contributed by atoms with Gasteiger partial charge in [0.1, 0.15) is 0 Å². The van der Waals surface area contributed by atoms with Crippen molar-refractivity contribution in [3.05, 3.63) is 34.3 Å². The summed E-state index contributed by atoms with van der Waals surface area (Å²) < 4.78 is 0. The van der Waals surface area contributed by atoms with Crippen LogP contribution in [0.25, 0.3) is 0 Å². The highest BCUT2D eigenvalue weighted by Gasteiger charge is 2.01. The molecule has 0 aliphatic heterocycles. The Morgan fingerprint density at radius 1 is 1.23 bits per heavy atom. The standard InChI is InChI=1S/C11H15ClO/c1-2-3-10-8-11(12)5-4-9(10)6-7-13/h4-5,8,13H,2-3,6-7H2,1H3. The molecule has 1 N–H and O–H groups in total. The summed E-state index contributed by atoms with van der Waals surface area (Å²) in [5, 5.41) is 9.63. The van der Waals surface area contributed by atoms with Gasteiger partial charge in [-0.1, -0.05) is 31.0 Å². The molecule has 1 rings (SSSR count). The number of hydrogen-bond acceptors (Lipinski definition) is 1. The van der Waals surface area contributed by atoms with Crippen LogP contribution in [0.4, 0.5) is 0 Å². The molecule has 0 radical (unpaired) electrons. The van der Waals surface area contributed by atoms with Gasteiger partial charge in [0.15, 0.2) is 0 Å². The second-order valence-corrected chi connectivity index (χ2v) is 3.57. The Kier molecular flexibility index (Phi) is 4.26. The molecule has 13 heavy (non-hydrogen) atoms. The molecule has 1 nitrogen and oxygen atoms in total. The Morgan fingerprint density at radius 3 is 2.62 bits per heavy atom. The molecule has 0 amide bonds. The van der Waals surface area contributed by atoms with Crippen molar-refractivity contribution in [3.8, 4) is 0 Å². The Balaban J connectivity index is 2.89. The van der Waals surface area contributed by atoms with Crippen molar-refractivity contribution in [2.24, 2.45) is 0 Å². The second-order valence-electron chi connectivity index (χ2n) is 3.14. The Bertz CT molecular complexity index is 271. The van der Waals surface area contributed by atoms with Crippen molar-refractivity contribution in [1.82, 2.24) is 0 Å². The number of aliphatic hydroxyl groups excluding tert-OH is 1. The van der Waals surface area contributed by atoms with E-state index in [4.69, 9.17) is 16.7 Å². The molecule has 0 heterocycles. The zero-order valence-corrected chi connectivity index (χ0v) is 8.64. The van der Waals surface area contributed by atoms with Crippen molar-refractivity contribution in [1.29, 1.82) is 0 Å². The van der Waals surface area contributed by atoms with E-state index in [1.807, 2.05) is 18.2 Å². The fraction of sp³-hybridized carbons (Fsp3) is 0.455. The molecule has 2 heteroatoms. The van der Waals surface area contributed by atoms with Gasteiger partial charge in [0.2, 0.25) is 0 Å². The highest BCUT2D eigenvalue weighted by atomic mass is 35.5. The van der Waals surface area contributed by atoms with E-state index >= 15 is 0 Å². The number of aliphatic hydroxyl groups is 1. The topological polar surface area (TPSA) is 20.2 Å². The number of halogens is 1. The third-order valence-electron chi connectivity index (χ3n) is 2.07. The van der Waals surface area contributed by atoms with Crippen LogP contribution in [-0.4, -0.2) is 11.7 Å². The lowest BCUT2D eigenvalue weighted by Gasteiger charge is -2.07. The third-order valence-corrected chi connectivity index (χ3v) is 2.30. The molecule has 0 fully saturated rings. The minimum atomic E-state index is 0.207. The Hall–Kier alpha value is -0.530. The van der Waals surface area contributed by atoms with Gasteiger partial charge in [-0.25, -0.2) is 0 Å². The quantitative estimate of drug-likeness (QED) is 0.789. The molecule has 0 spiro atoms. The summed E-state index contributed by atoms with van der Waals surface area (Å²) in [7, 11) is 0. The van der Waals surface area contributed by atoms with Crippen molar-refractivity contribution in [2.75, 3.05) is 6.61 Å². The highest BCUT2D eigenvalue weighted by Crippen LogP contribution is 2.18. The SMILES string of the molecule is CCCc1cc(Cl)ccc1CCO. The van der Waals surface area contributed by atoms with Crippen LogP contribution in [0.15, 0.2) is 18.2 Å². The van der Waals surface area contributed by atoms with Gasteiger partial charge in [0.05, 0.1) is 0 Å². The lowest BCUT2D eigenvalue weighted by atomic mass is 10.0. The van der Waals surface area contributed by atoms with Crippen LogP contribution in [0.3, 0.4) is 0 Å². The minimum absolute atomic E-state index is 0.207. The maximum absolute atomic E-state index is 8.85. The first-order chi connectivity index (χ1) is 6.27. The minimum Gasteiger partial charge on any atom is -0.396 e. The summed E-state index contributed by atoms with van der Waals surface area (Å²) in [6.07, 6.45) is 2.88. The van der Waals surface area contributed by atoms with Crippen molar-refractivity contribution >= 4 is 11.6 Å². The zero-order chi connectivity index (χ0) is 9.68. The summed E-state index contributed by atoms with van der Waals surface area (Å²) in [4.78, 5) is 0. The molecule has 72 valence electrons. The molecule has 1 aromatic carbocycles. The molecule has 0 atom stereocenters. The van der Waals surface area contributed by atoms with Gasteiger partial charge < -0.3 is 5.11 Å². The fourth-order valence-electron chi connectivity index (χ4n) is 1.46. The van der Waals surface area contributed by atoms with E-state index < -0.39 is 0 Å². The number of benzene rings is 1. The van der Waals surface area contributed by atoms with Crippen LogP contribution in [-0.2, 0) is 12.8 Å². The lowest BCUT2D eigenvalue weighted by Crippen LogP contribution is -1.97. The lowest BCUT2D eigenvalue weighted by molar-refractivity contribution is 0.299. The van der Waals surface area contributed by atoms with Crippen LogP contribution in [0, 0.1) is 0 Å². The average Bonchev–Trinajstić information content (AvgIpc) is 2.10. The van der Waals surface area contributed by atoms with Gasteiger partial charge in [0.25, 0.3) is 0 Å². The predicted molar refractivity (Wildman–Crippen MR) is 56.2 cm³/mol. The van der Waals surface area contributed by atoms with Crippen molar-refractivity contribution < 1.29 is 5.11 Å². The van der Waals surface area contributed by atoms with Crippen LogP contribution in [0.5, 0.6) is 0 Å². The van der Waals surface area contributed by atoms with Gasteiger partial charge in [-0.2, -0.15) is 0 Å². The number of hydrogen-bond donors (Lipinski definition) is 1. The van der Waals surface area contributed by atoms with Crippen molar-refractivity contribution in [2.45, 2.75) is 26.2 Å². The number of aryl methyl sites for hydroxylation is 1. The summed E-state index contributed by atoms with van der Waals surface area (Å²) in [5.41, 5.74) is 2.48. The van der Waals surface area contributed by atoms with E-state index in [0.29, 0.717) is 0 Å². The number of rotatable bonds is 4. The van der Waals surface area contributed by atoms with E-state index in [9.17, 15) is 0 Å². The third kappa shape index (κ3) is 3.02.